The molecule has 1 aliphatic heterocycles. The molecule has 1 radical (unpaired) electrons. The average molecular weight is 411 g/mol. The van der Waals surface area contributed by atoms with Crippen molar-refractivity contribution in [1.82, 2.24) is 14.9 Å². The molecular formula is C20H21BrN5. The molecule has 0 amide bonds. The quantitative estimate of drug-likeness (QED) is 0.701. The van der Waals surface area contributed by atoms with Crippen LogP contribution in [-0.4, -0.2) is 48.1 Å². The average Bonchev–Trinajstić information content (AvgIpc) is 3.13. The van der Waals surface area contributed by atoms with Crippen molar-refractivity contribution >= 4 is 44.0 Å². The van der Waals surface area contributed by atoms with Gasteiger partial charge in [0.05, 0.1) is 23.1 Å². The van der Waals surface area contributed by atoms with E-state index in [4.69, 9.17) is 0 Å². The maximum atomic E-state index is 4.65. The van der Waals surface area contributed by atoms with E-state index in [-0.39, 0.29) is 0 Å². The zero-order chi connectivity index (χ0) is 18.1. The molecule has 6 heteroatoms. The number of fused-ring (bicyclic) bond motifs is 1. The molecule has 2 aromatic heterocycles. The van der Waals surface area contributed by atoms with E-state index in [9.17, 15) is 0 Å². The first-order valence-corrected chi connectivity index (χ1v) is 9.50. The van der Waals surface area contributed by atoms with Gasteiger partial charge in [0.1, 0.15) is 5.82 Å². The number of benzene rings is 1. The van der Waals surface area contributed by atoms with Gasteiger partial charge in [-0.15, -0.1) is 0 Å². The lowest BCUT2D eigenvalue weighted by Crippen LogP contribution is -2.31. The number of nitrogens with one attached hydrogen (secondary N) is 1. The van der Waals surface area contributed by atoms with Crippen LogP contribution in [0.1, 0.15) is 6.42 Å². The van der Waals surface area contributed by atoms with Gasteiger partial charge in [-0.3, -0.25) is 4.98 Å². The molecule has 0 aliphatic carbocycles. The third-order valence-electron chi connectivity index (χ3n) is 4.88. The summed E-state index contributed by atoms with van der Waals surface area (Å²) in [7, 11) is 4.28. The molecule has 1 saturated heterocycles. The zero-order valence-corrected chi connectivity index (χ0v) is 16.5. The molecule has 0 bridgehead atoms. The van der Waals surface area contributed by atoms with E-state index < -0.39 is 0 Å². The number of halogens is 1. The molecule has 5 nitrogen and oxygen atoms in total. The van der Waals surface area contributed by atoms with Gasteiger partial charge in [0, 0.05) is 41.3 Å². The van der Waals surface area contributed by atoms with Crippen LogP contribution in [0.2, 0.25) is 0 Å². The monoisotopic (exact) mass is 410 g/mol. The molecule has 4 rings (SSSR count). The topological polar surface area (TPSA) is 44.3 Å². The van der Waals surface area contributed by atoms with E-state index in [1.165, 1.54) is 6.42 Å². The molecule has 1 aliphatic rings. The molecule has 1 atom stereocenters. The van der Waals surface area contributed by atoms with Gasteiger partial charge in [-0.05, 0) is 50.8 Å². The highest BCUT2D eigenvalue weighted by Crippen LogP contribution is 2.28. The number of nitrogens with zero attached hydrogens (tertiary/aromatic N) is 4. The molecule has 26 heavy (non-hydrogen) atoms. The van der Waals surface area contributed by atoms with Crippen molar-refractivity contribution in [3.63, 3.8) is 0 Å². The van der Waals surface area contributed by atoms with Crippen molar-refractivity contribution in [2.45, 2.75) is 12.5 Å². The standard InChI is InChI=1S/C20H21BrN5/c1-25(2)16-8-10-26(13-16)20-6-4-15(12-23-20)24-19-7-9-22-18-5-3-14(21)11-17(18)19/h3-6,9,11-12,16H,8,10,13H2,1-2H3,(H,22,24). The van der Waals surface area contributed by atoms with Crippen LogP contribution in [0.25, 0.3) is 10.9 Å². The summed E-state index contributed by atoms with van der Waals surface area (Å²) in [6, 6.07) is 14.0. The second kappa shape index (κ2) is 7.21. The minimum Gasteiger partial charge on any atom is -0.355 e. The fourth-order valence-electron chi connectivity index (χ4n) is 3.33. The maximum absolute atomic E-state index is 4.65. The number of pyridine rings is 2. The van der Waals surface area contributed by atoms with Gasteiger partial charge < -0.3 is 15.1 Å². The summed E-state index contributed by atoms with van der Waals surface area (Å²) in [5, 5.41) is 4.44. The number of hydrogen-bond acceptors (Lipinski definition) is 5. The van der Waals surface area contributed by atoms with Crippen LogP contribution in [-0.2, 0) is 0 Å². The van der Waals surface area contributed by atoms with E-state index in [0.717, 1.165) is 45.7 Å². The van der Waals surface area contributed by atoms with Crippen LogP contribution in [0.5, 0.6) is 0 Å². The molecule has 3 heterocycles. The van der Waals surface area contributed by atoms with Crippen LogP contribution in [0.15, 0.2) is 47.2 Å². The molecular weight excluding hydrogens is 390 g/mol. The molecule has 133 valence electrons. The van der Waals surface area contributed by atoms with Crippen molar-refractivity contribution in [2.75, 3.05) is 37.4 Å². The molecule has 3 aromatic rings. The SMILES string of the molecule is CN(C)C1CCN(c2ccc(Nc3[c]cnc4ccc(Br)cc34)cn2)C1. The van der Waals surface area contributed by atoms with Gasteiger partial charge in [-0.2, -0.15) is 0 Å². The first-order valence-electron chi connectivity index (χ1n) is 8.70. The van der Waals surface area contributed by atoms with Crippen molar-refractivity contribution in [3.05, 3.63) is 53.3 Å². The molecule has 1 N–H and O–H groups in total. The number of hydrogen-bond donors (Lipinski definition) is 1. The Kier molecular flexibility index (Phi) is 4.78. The third-order valence-corrected chi connectivity index (χ3v) is 5.37. The van der Waals surface area contributed by atoms with Crippen molar-refractivity contribution < 1.29 is 0 Å². The van der Waals surface area contributed by atoms with Crippen molar-refractivity contribution in [2.24, 2.45) is 0 Å². The first kappa shape index (κ1) is 17.2. The van der Waals surface area contributed by atoms with Gasteiger partial charge in [0.25, 0.3) is 0 Å². The van der Waals surface area contributed by atoms with Crippen LogP contribution in [0, 0.1) is 6.07 Å². The Hall–Kier alpha value is -2.18. The summed E-state index contributed by atoms with van der Waals surface area (Å²) in [5.41, 5.74) is 2.78. The van der Waals surface area contributed by atoms with E-state index in [1.54, 1.807) is 6.20 Å². The Morgan fingerprint density at radius 2 is 2.12 bits per heavy atom. The summed E-state index contributed by atoms with van der Waals surface area (Å²) in [6.45, 7) is 2.09. The second-order valence-corrected chi connectivity index (χ2v) is 7.74. The minimum absolute atomic E-state index is 0.603. The molecule has 1 aromatic carbocycles. The zero-order valence-electron chi connectivity index (χ0n) is 14.9. The highest BCUT2D eigenvalue weighted by atomic mass is 79.9. The minimum atomic E-state index is 0.603. The van der Waals surface area contributed by atoms with Crippen LogP contribution >= 0.6 is 15.9 Å². The van der Waals surface area contributed by atoms with Gasteiger partial charge >= 0.3 is 0 Å². The Balaban J connectivity index is 1.53. The number of anilines is 3. The van der Waals surface area contributed by atoms with Gasteiger partial charge in [-0.25, -0.2) is 4.98 Å². The Morgan fingerprint density at radius 3 is 2.85 bits per heavy atom. The second-order valence-electron chi connectivity index (χ2n) is 6.82. The number of likely N-dealkylation sites (N-methyl/N-ethyl adjacent to an activating group) is 1. The molecule has 0 saturated carbocycles. The fourth-order valence-corrected chi connectivity index (χ4v) is 3.69. The largest absolute Gasteiger partial charge is 0.355 e. The smallest absolute Gasteiger partial charge is 0.128 e. The highest BCUT2D eigenvalue weighted by Gasteiger charge is 2.24. The summed E-state index contributed by atoms with van der Waals surface area (Å²) in [5.74, 6) is 1.03. The van der Waals surface area contributed by atoms with Crippen molar-refractivity contribution in [1.29, 1.82) is 0 Å². The summed E-state index contributed by atoms with van der Waals surface area (Å²) >= 11 is 3.52. The normalized spacial score (nSPS) is 17.2. The highest BCUT2D eigenvalue weighted by molar-refractivity contribution is 9.10. The van der Waals surface area contributed by atoms with Crippen molar-refractivity contribution in [3.8, 4) is 0 Å². The maximum Gasteiger partial charge on any atom is 0.128 e. The Labute approximate surface area is 162 Å². The molecule has 0 spiro atoms. The lowest BCUT2D eigenvalue weighted by atomic mass is 10.2. The third kappa shape index (κ3) is 3.52. The van der Waals surface area contributed by atoms with Gasteiger partial charge in [0.15, 0.2) is 0 Å². The lowest BCUT2D eigenvalue weighted by molar-refractivity contribution is 0.315. The Morgan fingerprint density at radius 1 is 1.23 bits per heavy atom. The summed E-state index contributed by atoms with van der Waals surface area (Å²) in [4.78, 5) is 13.7. The predicted octanol–water partition coefficient (Wildman–Crippen LogP) is 4.08. The summed E-state index contributed by atoms with van der Waals surface area (Å²) in [6.07, 6.45) is 4.77. The van der Waals surface area contributed by atoms with Crippen LogP contribution in [0.4, 0.5) is 17.2 Å². The fraction of sp³-hybridized carbons (Fsp3) is 0.300. The van der Waals surface area contributed by atoms with Crippen LogP contribution < -0.4 is 10.2 Å². The Bertz CT molecular complexity index is 910. The lowest BCUT2D eigenvalue weighted by Gasteiger charge is -2.21. The van der Waals surface area contributed by atoms with Gasteiger partial charge in [0.2, 0.25) is 0 Å². The number of rotatable bonds is 4. The van der Waals surface area contributed by atoms with E-state index in [1.807, 2.05) is 18.3 Å². The molecule has 1 fully saturated rings. The van der Waals surface area contributed by atoms with E-state index >= 15 is 0 Å². The van der Waals surface area contributed by atoms with E-state index in [0.29, 0.717) is 6.04 Å². The predicted molar refractivity (Wildman–Crippen MR) is 110 cm³/mol. The molecule has 1 unspecified atom stereocenters. The summed E-state index contributed by atoms with van der Waals surface area (Å²) < 4.78 is 1.02. The first-order chi connectivity index (χ1) is 12.6. The van der Waals surface area contributed by atoms with Crippen LogP contribution in [0.3, 0.4) is 0 Å². The van der Waals surface area contributed by atoms with E-state index in [2.05, 4.69) is 79.4 Å². The van der Waals surface area contributed by atoms with Gasteiger partial charge in [-0.1, -0.05) is 15.9 Å². The number of aromatic nitrogens is 2.